The van der Waals surface area contributed by atoms with Crippen LogP contribution in [0, 0.1) is 0 Å². The van der Waals surface area contributed by atoms with E-state index in [4.69, 9.17) is 0 Å². The molecule has 1 heterocycles. The third-order valence-corrected chi connectivity index (χ3v) is 9.23. The van der Waals surface area contributed by atoms with Crippen LogP contribution >= 0.6 is 0 Å². The second-order valence-electron chi connectivity index (χ2n) is 8.38. The number of nitrogens with one attached hydrogen (secondary N) is 1. The molecule has 0 radical (unpaired) electrons. The lowest BCUT2D eigenvalue weighted by atomic mass is 9.87. The molecule has 1 N–H and O–H groups in total. The first kappa shape index (κ1) is 21.5. The predicted octanol–water partition coefficient (Wildman–Crippen LogP) is 3.20. The minimum Gasteiger partial charge on any atom is -0.322 e. The van der Waals surface area contributed by atoms with Gasteiger partial charge in [0.2, 0.25) is 0 Å². The SMILES string of the molecule is CC(C)(C)c1ccc(NC(=O)c2cccc(S(=O)(=O)C3CCS(=O)(=O)C3)c2)cc1. The Kier molecular flexibility index (Phi) is 5.62. The van der Waals surface area contributed by atoms with E-state index in [1.54, 1.807) is 0 Å². The minimum atomic E-state index is -3.82. The molecule has 2 aromatic carbocycles. The van der Waals surface area contributed by atoms with Crippen molar-refractivity contribution < 1.29 is 21.6 Å². The van der Waals surface area contributed by atoms with Crippen LogP contribution in [-0.2, 0) is 25.1 Å². The van der Waals surface area contributed by atoms with Gasteiger partial charge in [-0.15, -0.1) is 0 Å². The Morgan fingerprint density at radius 1 is 1.07 bits per heavy atom. The summed E-state index contributed by atoms with van der Waals surface area (Å²) >= 11 is 0. The van der Waals surface area contributed by atoms with Crippen LogP contribution in [-0.4, -0.2) is 39.5 Å². The van der Waals surface area contributed by atoms with Crippen molar-refractivity contribution >= 4 is 31.3 Å². The van der Waals surface area contributed by atoms with Crippen LogP contribution in [0.2, 0.25) is 0 Å². The second kappa shape index (κ2) is 7.57. The van der Waals surface area contributed by atoms with Gasteiger partial charge in [0, 0.05) is 11.3 Å². The van der Waals surface area contributed by atoms with E-state index in [0.29, 0.717) is 5.69 Å². The monoisotopic (exact) mass is 435 g/mol. The number of hydrogen-bond donors (Lipinski definition) is 1. The van der Waals surface area contributed by atoms with Crippen molar-refractivity contribution in [2.45, 2.75) is 42.8 Å². The Balaban J connectivity index is 1.79. The molecule has 8 heteroatoms. The lowest BCUT2D eigenvalue weighted by Gasteiger charge is -2.19. The Hall–Kier alpha value is -2.19. The smallest absolute Gasteiger partial charge is 0.255 e. The number of anilines is 1. The molecule has 1 amide bonds. The van der Waals surface area contributed by atoms with Gasteiger partial charge in [0.1, 0.15) is 0 Å². The van der Waals surface area contributed by atoms with E-state index in [2.05, 4.69) is 26.1 Å². The molecule has 29 heavy (non-hydrogen) atoms. The molecule has 1 unspecified atom stereocenters. The van der Waals surface area contributed by atoms with E-state index in [9.17, 15) is 21.6 Å². The molecule has 0 bridgehead atoms. The zero-order valence-corrected chi connectivity index (χ0v) is 18.3. The number of hydrogen-bond acceptors (Lipinski definition) is 5. The first-order valence-electron chi connectivity index (χ1n) is 9.35. The van der Waals surface area contributed by atoms with Crippen molar-refractivity contribution in [3.8, 4) is 0 Å². The number of sulfone groups is 2. The Labute approximate surface area is 172 Å². The van der Waals surface area contributed by atoms with Crippen molar-refractivity contribution in [3.63, 3.8) is 0 Å². The Morgan fingerprint density at radius 3 is 2.28 bits per heavy atom. The highest BCUT2D eigenvalue weighted by molar-refractivity contribution is 7.96. The van der Waals surface area contributed by atoms with Crippen molar-refractivity contribution in [1.29, 1.82) is 0 Å². The van der Waals surface area contributed by atoms with Crippen LogP contribution in [0.4, 0.5) is 5.69 Å². The second-order valence-corrected chi connectivity index (χ2v) is 12.8. The summed E-state index contributed by atoms with van der Waals surface area (Å²) in [6.45, 7) is 6.30. The maximum Gasteiger partial charge on any atom is 0.255 e. The number of rotatable bonds is 4. The Bertz CT molecular complexity index is 1130. The van der Waals surface area contributed by atoms with E-state index in [0.717, 1.165) is 5.56 Å². The molecular weight excluding hydrogens is 410 g/mol. The summed E-state index contributed by atoms with van der Waals surface area (Å²) in [5, 5.41) is 1.81. The highest BCUT2D eigenvalue weighted by Crippen LogP contribution is 2.27. The summed E-state index contributed by atoms with van der Waals surface area (Å²) in [6, 6.07) is 13.2. The molecule has 1 atom stereocenters. The number of carbonyl (C=O) groups is 1. The molecule has 0 aliphatic carbocycles. The first-order valence-corrected chi connectivity index (χ1v) is 12.7. The van der Waals surface area contributed by atoms with Crippen LogP contribution in [0.1, 0.15) is 43.1 Å². The van der Waals surface area contributed by atoms with Gasteiger partial charge >= 0.3 is 0 Å². The van der Waals surface area contributed by atoms with Gasteiger partial charge in [-0.05, 0) is 47.7 Å². The van der Waals surface area contributed by atoms with E-state index in [1.807, 2.05) is 24.3 Å². The van der Waals surface area contributed by atoms with Gasteiger partial charge in [0.25, 0.3) is 5.91 Å². The summed E-state index contributed by atoms with van der Waals surface area (Å²) in [5.74, 6) is -0.919. The largest absolute Gasteiger partial charge is 0.322 e. The molecule has 156 valence electrons. The average Bonchev–Trinajstić information content (AvgIpc) is 3.02. The van der Waals surface area contributed by atoms with Crippen molar-refractivity contribution in [2.75, 3.05) is 16.8 Å². The number of carbonyl (C=O) groups excluding carboxylic acids is 1. The minimum absolute atomic E-state index is 0.00104. The summed E-state index contributed by atoms with van der Waals surface area (Å²) < 4.78 is 48.9. The molecule has 1 saturated heterocycles. The highest BCUT2D eigenvalue weighted by Gasteiger charge is 2.38. The third-order valence-electron chi connectivity index (χ3n) is 5.06. The molecule has 0 saturated carbocycles. The lowest BCUT2D eigenvalue weighted by molar-refractivity contribution is 0.102. The molecule has 3 rings (SSSR count). The van der Waals surface area contributed by atoms with Gasteiger partial charge in [0.15, 0.2) is 19.7 Å². The molecule has 0 spiro atoms. The van der Waals surface area contributed by atoms with Gasteiger partial charge in [-0.1, -0.05) is 39.0 Å². The van der Waals surface area contributed by atoms with E-state index < -0.39 is 30.8 Å². The first-order chi connectivity index (χ1) is 13.4. The zero-order valence-electron chi connectivity index (χ0n) is 16.7. The van der Waals surface area contributed by atoms with E-state index in [1.165, 1.54) is 24.3 Å². The summed E-state index contributed by atoms with van der Waals surface area (Å²) in [4.78, 5) is 12.6. The fraction of sp³-hybridized carbons (Fsp3) is 0.381. The molecule has 1 aliphatic heterocycles. The third kappa shape index (κ3) is 4.87. The van der Waals surface area contributed by atoms with Gasteiger partial charge < -0.3 is 5.32 Å². The molecule has 2 aromatic rings. The quantitative estimate of drug-likeness (QED) is 0.795. The summed E-state index contributed by atoms with van der Waals surface area (Å²) in [6.07, 6.45) is 0.0845. The molecule has 0 aromatic heterocycles. The van der Waals surface area contributed by atoms with Gasteiger partial charge in [-0.3, -0.25) is 4.79 Å². The van der Waals surface area contributed by atoms with Crippen LogP contribution in [0.3, 0.4) is 0 Å². The topological polar surface area (TPSA) is 97.4 Å². The number of benzene rings is 2. The van der Waals surface area contributed by atoms with Crippen LogP contribution in [0.15, 0.2) is 53.4 Å². The molecule has 1 aliphatic rings. The normalized spacial score (nSPS) is 19.1. The summed E-state index contributed by atoms with van der Waals surface area (Å²) in [5.41, 5.74) is 1.94. The van der Waals surface area contributed by atoms with Crippen molar-refractivity contribution in [2.24, 2.45) is 0 Å². The molecule has 6 nitrogen and oxygen atoms in total. The van der Waals surface area contributed by atoms with E-state index in [-0.39, 0.29) is 33.8 Å². The molecule has 1 fully saturated rings. The number of amides is 1. The van der Waals surface area contributed by atoms with Crippen LogP contribution < -0.4 is 5.32 Å². The molecular formula is C21H25NO5S2. The average molecular weight is 436 g/mol. The maximum atomic E-state index is 12.8. The lowest BCUT2D eigenvalue weighted by Crippen LogP contribution is -2.23. The summed E-state index contributed by atoms with van der Waals surface area (Å²) in [7, 11) is -7.15. The standard InChI is InChI=1S/C21H25NO5S2/c1-21(2,3)16-7-9-17(10-8-16)22-20(23)15-5-4-6-18(13-15)29(26,27)19-11-12-28(24,25)14-19/h4-10,13,19H,11-12,14H2,1-3H3,(H,22,23). The fourth-order valence-electron chi connectivity index (χ4n) is 3.27. The van der Waals surface area contributed by atoms with Gasteiger partial charge in [0.05, 0.1) is 21.7 Å². The maximum absolute atomic E-state index is 12.8. The van der Waals surface area contributed by atoms with Crippen molar-refractivity contribution in [3.05, 3.63) is 59.7 Å². The fourth-order valence-corrected chi connectivity index (χ4v) is 7.67. The Morgan fingerprint density at radius 2 is 1.72 bits per heavy atom. The van der Waals surface area contributed by atoms with Crippen LogP contribution in [0.5, 0.6) is 0 Å². The van der Waals surface area contributed by atoms with Gasteiger partial charge in [-0.2, -0.15) is 0 Å². The zero-order chi connectivity index (χ0) is 21.4. The van der Waals surface area contributed by atoms with E-state index >= 15 is 0 Å². The van der Waals surface area contributed by atoms with Gasteiger partial charge in [-0.25, -0.2) is 16.8 Å². The predicted molar refractivity (Wildman–Crippen MR) is 114 cm³/mol. The van der Waals surface area contributed by atoms with Crippen molar-refractivity contribution in [1.82, 2.24) is 0 Å². The highest BCUT2D eigenvalue weighted by atomic mass is 32.2. The van der Waals surface area contributed by atoms with Crippen LogP contribution in [0.25, 0.3) is 0 Å².